The van der Waals surface area contributed by atoms with Crippen molar-refractivity contribution in [1.82, 2.24) is 29.5 Å². The SMILES string of the molecule is NN=Nc1ncc(-c2ccc3ncc4c(=O)[nH]c(=O)n(-c5cccc(C(F)(F)F)c5)c4c3n2)cn1. The lowest BCUT2D eigenvalue weighted by Crippen LogP contribution is -2.29. The fourth-order valence-electron chi connectivity index (χ4n) is 3.55. The number of benzene rings is 1. The van der Waals surface area contributed by atoms with Gasteiger partial charge in [0.2, 0.25) is 0 Å². The first-order valence-electron chi connectivity index (χ1n) is 9.82. The van der Waals surface area contributed by atoms with Crippen LogP contribution in [0.3, 0.4) is 0 Å². The molecule has 0 radical (unpaired) electrons. The zero-order valence-corrected chi connectivity index (χ0v) is 17.4. The summed E-state index contributed by atoms with van der Waals surface area (Å²) in [5.74, 6) is 5.01. The van der Waals surface area contributed by atoms with Crippen LogP contribution in [0.25, 0.3) is 38.9 Å². The summed E-state index contributed by atoms with van der Waals surface area (Å²) in [5, 5.41) is 6.58. The van der Waals surface area contributed by atoms with E-state index in [4.69, 9.17) is 5.84 Å². The Hall–Kier alpha value is -5.01. The molecule has 5 rings (SSSR count). The Balaban J connectivity index is 1.82. The maximum absolute atomic E-state index is 13.3. The van der Waals surface area contributed by atoms with E-state index in [0.717, 1.165) is 16.7 Å². The molecule has 0 fully saturated rings. The van der Waals surface area contributed by atoms with Crippen molar-refractivity contribution in [3.05, 3.63) is 81.4 Å². The monoisotopic (exact) mass is 479 g/mol. The van der Waals surface area contributed by atoms with Gasteiger partial charge in [0.15, 0.2) is 0 Å². The average Bonchev–Trinajstić information content (AvgIpc) is 2.84. The number of nitrogens with one attached hydrogen (secondary N) is 1. The molecule has 0 saturated carbocycles. The number of rotatable bonds is 3. The number of nitrogens with two attached hydrogens (primary N) is 1. The molecule has 14 heteroatoms. The number of fused-ring (bicyclic) bond motifs is 3. The number of halogens is 3. The van der Waals surface area contributed by atoms with Crippen molar-refractivity contribution in [3.8, 4) is 16.9 Å². The minimum atomic E-state index is -4.64. The summed E-state index contributed by atoms with van der Waals surface area (Å²) in [6.45, 7) is 0. The second kappa shape index (κ2) is 8.09. The summed E-state index contributed by atoms with van der Waals surface area (Å²) in [6.07, 6.45) is -0.577. The molecule has 0 atom stereocenters. The van der Waals surface area contributed by atoms with Gasteiger partial charge in [-0.05, 0) is 30.3 Å². The van der Waals surface area contributed by atoms with Crippen LogP contribution in [0, 0.1) is 0 Å². The van der Waals surface area contributed by atoms with Crippen LogP contribution in [0.1, 0.15) is 5.56 Å². The van der Waals surface area contributed by atoms with E-state index in [2.05, 4.69) is 35.3 Å². The third-order valence-electron chi connectivity index (χ3n) is 5.09. The Morgan fingerprint density at radius 3 is 2.49 bits per heavy atom. The first kappa shape index (κ1) is 21.8. The summed E-state index contributed by atoms with van der Waals surface area (Å²) in [4.78, 5) is 44.2. The van der Waals surface area contributed by atoms with Gasteiger partial charge in [-0.3, -0.25) is 19.3 Å². The Kier molecular flexibility index (Phi) is 5.04. The minimum Gasteiger partial charge on any atom is -0.304 e. The van der Waals surface area contributed by atoms with Crippen molar-refractivity contribution < 1.29 is 13.2 Å². The van der Waals surface area contributed by atoms with Gasteiger partial charge in [-0.25, -0.2) is 19.7 Å². The van der Waals surface area contributed by atoms with Crippen LogP contribution in [-0.2, 0) is 6.18 Å². The molecule has 174 valence electrons. The molecule has 0 aliphatic heterocycles. The van der Waals surface area contributed by atoms with Crippen LogP contribution in [0.15, 0.2) is 74.9 Å². The summed E-state index contributed by atoms with van der Waals surface area (Å²) in [5.41, 5.74) is -1.52. The lowest BCUT2D eigenvalue weighted by Gasteiger charge is -2.14. The van der Waals surface area contributed by atoms with Crippen LogP contribution in [-0.4, -0.2) is 29.5 Å². The molecular formula is C21H12F3N9O2. The van der Waals surface area contributed by atoms with Gasteiger partial charge in [0, 0.05) is 24.2 Å². The predicted octanol–water partition coefficient (Wildman–Crippen LogP) is 3.06. The van der Waals surface area contributed by atoms with Crippen LogP contribution in [0.2, 0.25) is 0 Å². The maximum atomic E-state index is 13.3. The smallest absolute Gasteiger partial charge is 0.304 e. The Morgan fingerprint density at radius 2 is 1.77 bits per heavy atom. The van der Waals surface area contributed by atoms with E-state index in [9.17, 15) is 22.8 Å². The van der Waals surface area contributed by atoms with E-state index in [0.29, 0.717) is 16.8 Å². The topological polar surface area (TPSA) is 157 Å². The molecule has 35 heavy (non-hydrogen) atoms. The Morgan fingerprint density at radius 1 is 1.00 bits per heavy atom. The third-order valence-corrected chi connectivity index (χ3v) is 5.09. The van der Waals surface area contributed by atoms with E-state index in [1.54, 1.807) is 12.1 Å². The standard InChI is InChI=1S/C21H12F3N9O2/c22-21(23,24)11-2-1-3-12(6-11)33-17-13(18(34)30-20(33)35)9-26-15-5-4-14(29-16(15)17)10-7-27-19(28-8-10)31-32-25/h1-9H,(H,30,34,35)(H2,25,27,28,31). The zero-order valence-electron chi connectivity index (χ0n) is 17.4. The van der Waals surface area contributed by atoms with Crippen molar-refractivity contribution in [2.75, 3.05) is 0 Å². The summed E-state index contributed by atoms with van der Waals surface area (Å²) >= 11 is 0. The normalized spacial score (nSPS) is 12.1. The number of aromatic nitrogens is 6. The molecule has 0 aliphatic rings. The van der Waals surface area contributed by atoms with E-state index in [-0.39, 0.29) is 28.1 Å². The van der Waals surface area contributed by atoms with Crippen molar-refractivity contribution in [3.63, 3.8) is 0 Å². The number of hydrogen-bond acceptors (Lipinski definition) is 8. The summed E-state index contributed by atoms with van der Waals surface area (Å²) < 4.78 is 41.0. The molecule has 0 unspecified atom stereocenters. The predicted molar refractivity (Wildman–Crippen MR) is 118 cm³/mol. The third kappa shape index (κ3) is 3.86. The minimum absolute atomic E-state index is 0.000560. The van der Waals surface area contributed by atoms with E-state index >= 15 is 0 Å². The lowest BCUT2D eigenvalue weighted by molar-refractivity contribution is -0.137. The maximum Gasteiger partial charge on any atom is 0.416 e. The average molecular weight is 479 g/mol. The highest BCUT2D eigenvalue weighted by Crippen LogP contribution is 2.31. The first-order chi connectivity index (χ1) is 16.8. The molecule has 5 aromatic rings. The van der Waals surface area contributed by atoms with Gasteiger partial charge >= 0.3 is 11.9 Å². The van der Waals surface area contributed by atoms with Crippen molar-refractivity contribution in [2.45, 2.75) is 6.18 Å². The van der Waals surface area contributed by atoms with Crippen LogP contribution in [0.4, 0.5) is 19.1 Å². The molecule has 0 bridgehead atoms. The van der Waals surface area contributed by atoms with Gasteiger partial charge in [0.05, 0.1) is 33.4 Å². The number of H-pyrrole nitrogens is 1. The molecule has 0 spiro atoms. The van der Waals surface area contributed by atoms with Crippen molar-refractivity contribution in [2.24, 2.45) is 16.2 Å². The van der Waals surface area contributed by atoms with Crippen LogP contribution >= 0.6 is 0 Å². The lowest BCUT2D eigenvalue weighted by atomic mass is 10.1. The van der Waals surface area contributed by atoms with Crippen LogP contribution < -0.4 is 17.1 Å². The fraction of sp³-hybridized carbons (Fsp3) is 0.0476. The molecule has 0 saturated heterocycles. The second-order valence-electron chi connectivity index (χ2n) is 7.21. The van der Waals surface area contributed by atoms with Gasteiger partial charge in [-0.1, -0.05) is 16.4 Å². The molecular weight excluding hydrogens is 467 g/mol. The number of pyridine rings is 2. The molecule has 0 aliphatic carbocycles. The molecule has 11 nitrogen and oxygen atoms in total. The quantitative estimate of drug-likeness (QED) is 0.174. The summed E-state index contributed by atoms with van der Waals surface area (Å²) in [6, 6.07) is 7.39. The largest absolute Gasteiger partial charge is 0.416 e. The molecule has 3 N–H and O–H groups in total. The second-order valence-corrected chi connectivity index (χ2v) is 7.21. The van der Waals surface area contributed by atoms with Gasteiger partial charge < -0.3 is 5.84 Å². The molecule has 4 aromatic heterocycles. The Labute approximate surface area is 191 Å². The molecule has 1 aromatic carbocycles. The van der Waals surface area contributed by atoms with Gasteiger partial charge in [0.1, 0.15) is 5.52 Å². The number of hydrogen-bond donors (Lipinski definition) is 2. The zero-order chi connectivity index (χ0) is 24.7. The number of aromatic amines is 1. The van der Waals surface area contributed by atoms with E-state index in [1.807, 2.05) is 0 Å². The highest BCUT2D eigenvalue weighted by Gasteiger charge is 2.31. The van der Waals surface area contributed by atoms with Gasteiger partial charge in [0.25, 0.3) is 11.5 Å². The Bertz CT molecular complexity index is 1740. The van der Waals surface area contributed by atoms with E-state index in [1.165, 1.54) is 30.7 Å². The van der Waals surface area contributed by atoms with E-state index < -0.39 is 23.0 Å². The van der Waals surface area contributed by atoms with Crippen LogP contribution in [0.5, 0.6) is 0 Å². The van der Waals surface area contributed by atoms with Gasteiger partial charge in [-0.2, -0.15) is 13.2 Å². The molecule has 0 amide bonds. The van der Waals surface area contributed by atoms with Crippen molar-refractivity contribution in [1.29, 1.82) is 0 Å². The van der Waals surface area contributed by atoms with Crippen molar-refractivity contribution >= 4 is 27.9 Å². The van der Waals surface area contributed by atoms with Gasteiger partial charge in [-0.15, -0.1) is 0 Å². The highest BCUT2D eigenvalue weighted by atomic mass is 19.4. The fourth-order valence-corrected chi connectivity index (χ4v) is 3.55. The highest BCUT2D eigenvalue weighted by molar-refractivity contribution is 6.01. The summed E-state index contributed by atoms with van der Waals surface area (Å²) in [7, 11) is 0. The molecule has 4 heterocycles. The first-order valence-corrected chi connectivity index (χ1v) is 9.82. The number of alkyl halides is 3. The number of nitrogens with zero attached hydrogens (tertiary/aromatic N) is 7.